The second-order valence-corrected chi connectivity index (χ2v) is 9.20. The number of rotatable bonds is 17. The summed E-state index contributed by atoms with van der Waals surface area (Å²) in [5, 5.41) is 17.4. The lowest BCUT2D eigenvalue weighted by Crippen LogP contribution is -2.16. The van der Waals surface area contributed by atoms with E-state index in [0.29, 0.717) is 12.5 Å². The summed E-state index contributed by atoms with van der Waals surface area (Å²) < 4.78 is 5.01. The largest absolute Gasteiger partial charge is 0.466 e. The van der Waals surface area contributed by atoms with Crippen LogP contribution in [0.3, 0.4) is 0 Å². The Balaban J connectivity index is 3.58. The second-order valence-electron chi connectivity index (χ2n) is 9.20. The molecule has 0 fully saturated rings. The molecule has 0 rings (SSSR count). The van der Waals surface area contributed by atoms with Crippen molar-refractivity contribution in [2.45, 2.75) is 112 Å². The van der Waals surface area contributed by atoms with Crippen molar-refractivity contribution in [1.82, 2.24) is 0 Å². The minimum atomic E-state index is -1.61. The van der Waals surface area contributed by atoms with Crippen LogP contribution in [-0.4, -0.2) is 29.1 Å². The van der Waals surface area contributed by atoms with E-state index in [0.717, 1.165) is 30.6 Å². The average molecular weight is 387 g/mol. The molecular formula is C23H46O4. The summed E-state index contributed by atoms with van der Waals surface area (Å²) >= 11 is 0. The Morgan fingerprint density at radius 3 is 1.52 bits per heavy atom. The van der Waals surface area contributed by atoms with Gasteiger partial charge in [0.1, 0.15) is 0 Å². The maximum absolute atomic E-state index is 11.2. The first-order chi connectivity index (χ1) is 12.7. The SMILES string of the molecule is CC(C)CCCC(C)CCCC(C)CCCC(C)CCOC(=O)CC(O)O. The quantitative estimate of drug-likeness (QED) is 0.249. The van der Waals surface area contributed by atoms with Crippen molar-refractivity contribution in [3.05, 3.63) is 0 Å². The van der Waals surface area contributed by atoms with Crippen molar-refractivity contribution >= 4 is 5.97 Å². The summed E-state index contributed by atoms with van der Waals surface area (Å²) in [6, 6.07) is 0. The monoisotopic (exact) mass is 386 g/mol. The van der Waals surface area contributed by atoms with Gasteiger partial charge in [-0.2, -0.15) is 0 Å². The summed E-state index contributed by atoms with van der Waals surface area (Å²) in [6.45, 7) is 12.0. The molecule has 0 heterocycles. The number of aliphatic hydroxyl groups is 2. The number of carbonyl (C=O) groups is 1. The van der Waals surface area contributed by atoms with Crippen LogP contribution in [0.4, 0.5) is 0 Å². The standard InChI is InChI=1S/C23H46O4/c1-18(2)9-6-10-19(3)11-7-12-20(4)13-8-14-21(5)15-16-27-23(26)17-22(24)25/h18-22,24-25H,6-17H2,1-5H3. The van der Waals surface area contributed by atoms with Crippen molar-refractivity contribution < 1.29 is 19.7 Å². The van der Waals surface area contributed by atoms with E-state index >= 15 is 0 Å². The first-order valence-electron chi connectivity index (χ1n) is 11.2. The highest BCUT2D eigenvalue weighted by atomic mass is 16.5. The first-order valence-corrected chi connectivity index (χ1v) is 11.2. The highest BCUT2D eigenvalue weighted by molar-refractivity contribution is 5.69. The van der Waals surface area contributed by atoms with Gasteiger partial charge in [0.2, 0.25) is 0 Å². The Morgan fingerprint density at radius 1 is 0.704 bits per heavy atom. The minimum Gasteiger partial charge on any atom is -0.466 e. The Labute approximate surface area is 168 Å². The van der Waals surface area contributed by atoms with Gasteiger partial charge in [-0.3, -0.25) is 4.79 Å². The predicted molar refractivity (Wildman–Crippen MR) is 112 cm³/mol. The van der Waals surface area contributed by atoms with Crippen LogP contribution in [0.15, 0.2) is 0 Å². The van der Waals surface area contributed by atoms with Gasteiger partial charge in [0.15, 0.2) is 6.29 Å². The zero-order valence-corrected chi connectivity index (χ0v) is 18.6. The van der Waals surface area contributed by atoms with Crippen molar-refractivity contribution in [3.63, 3.8) is 0 Å². The van der Waals surface area contributed by atoms with E-state index in [1.165, 1.54) is 51.4 Å². The molecule has 0 aromatic rings. The van der Waals surface area contributed by atoms with Gasteiger partial charge in [0, 0.05) is 0 Å². The fourth-order valence-corrected chi connectivity index (χ4v) is 3.52. The van der Waals surface area contributed by atoms with Gasteiger partial charge >= 0.3 is 5.97 Å². The molecule has 0 aliphatic rings. The van der Waals surface area contributed by atoms with Gasteiger partial charge in [0.25, 0.3) is 0 Å². The summed E-state index contributed by atoms with van der Waals surface area (Å²) in [5.41, 5.74) is 0. The normalized spacial score (nSPS) is 15.1. The van der Waals surface area contributed by atoms with Crippen LogP contribution in [0.25, 0.3) is 0 Å². The lowest BCUT2D eigenvalue weighted by atomic mass is 9.91. The minimum absolute atomic E-state index is 0.345. The van der Waals surface area contributed by atoms with E-state index in [2.05, 4.69) is 34.6 Å². The highest BCUT2D eigenvalue weighted by Crippen LogP contribution is 2.22. The van der Waals surface area contributed by atoms with E-state index in [-0.39, 0.29) is 6.42 Å². The molecule has 0 aliphatic carbocycles. The zero-order chi connectivity index (χ0) is 20.7. The molecule has 3 unspecified atom stereocenters. The number of hydrogen-bond acceptors (Lipinski definition) is 4. The maximum atomic E-state index is 11.2. The number of aliphatic hydroxyl groups excluding tert-OH is 1. The highest BCUT2D eigenvalue weighted by Gasteiger charge is 2.11. The maximum Gasteiger partial charge on any atom is 0.310 e. The number of esters is 1. The van der Waals surface area contributed by atoms with Crippen LogP contribution in [0.1, 0.15) is 105 Å². The third-order valence-electron chi connectivity index (χ3n) is 5.49. The topological polar surface area (TPSA) is 66.8 Å². The van der Waals surface area contributed by atoms with Crippen LogP contribution >= 0.6 is 0 Å². The van der Waals surface area contributed by atoms with Crippen LogP contribution < -0.4 is 0 Å². The van der Waals surface area contributed by atoms with E-state index in [1.54, 1.807) is 0 Å². The molecule has 0 aliphatic heterocycles. The molecule has 4 heteroatoms. The molecule has 0 radical (unpaired) electrons. The Morgan fingerprint density at radius 2 is 1.11 bits per heavy atom. The average Bonchev–Trinajstić information content (AvgIpc) is 2.53. The fraction of sp³-hybridized carbons (Fsp3) is 0.957. The van der Waals surface area contributed by atoms with Crippen molar-refractivity contribution in [1.29, 1.82) is 0 Å². The van der Waals surface area contributed by atoms with Gasteiger partial charge in [-0.15, -0.1) is 0 Å². The molecule has 0 aromatic heterocycles. The van der Waals surface area contributed by atoms with Crippen LogP contribution in [0, 0.1) is 23.7 Å². The molecule has 4 nitrogen and oxygen atoms in total. The van der Waals surface area contributed by atoms with Crippen LogP contribution in [-0.2, 0) is 9.53 Å². The zero-order valence-electron chi connectivity index (χ0n) is 18.6. The van der Waals surface area contributed by atoms with E-state index in [4.69, 9.17) is 14.9 Å². The van der Waals surface area contributed by atoms with Gasteiger partial charge in [-0.1, -0.05) is 92.4 Å². The molecule has 27 heavy (non-hydrogen) atoms. The van der Waals surface area contributed by atoms with Gasteiger partial charge in [-0.25, -0.2) is 0 Å². The molecule has 0 aromatic carbocycles. The Hall–Kier alpha value is -0.610. The Bertz CT molecular complexity index is 354. The molecule has 0 spiro atoms. The molecule has 3 atom stereocenters. The molecule has 0 bridgehead atoms. The van der Waals surface area contributed by atoms with Crippen LogP contribution in [0.5, 0.6) is 0 Å². The van der Waals surface area contributed by atoms with E-state index in [9.17, 15) is 4.79 Å². The summed E-state index contributed by atoms with van der Waals surface area (Å²) in [6.07, 6.45) is 10.7. The predicted octanol–water partition coefficient (Wildman–Crippen LogP) is 5.70. The second kappa shape index (κ2) is 16.4. The molecule has 162 valence electrons. The molecule has 0 saturated heterocycles. The smallest absolute Gasteiger partial charge is 0.310 e. The first kappa shape index (κ1) is 26.4. The number of hydrogen-bond donors (Lipinski definition) is 2. The molecule has 0 saturated carbocycles. The van der Waals surface area contributed by atoms with Crippen molar-refractivity contribution in [2.24, 2.45) is 23.7 Å². The van der Waals surface area contributed by atoms with E-state index in [1.807, 2.05) is 0 Å². The summed E-state index contributed by atoms with van der Waals surface area (Å²) in [5.74, 6) is 2.49. The summed E-state index contributed by atoms with van der Waals surface area (Å²) in [4.78, 5) is 11.2. The Kier molecular flexibility index (Phi) is 16.0. The third kappa shape index (κ3) is 18.5. The fourth-order valence-electron chi connectivity index (χ4n) is 3.52. The van der Waals surface area contributed by atoms with Gasteiger partial charge in [0.05, 0.1) is 13.0 Å². The van der Waals surface area contributed by atoms with Gasteiger partial charge in [-0.05, 0) is 30.1 Å². The summed E-state index contributed by atoms with van der Waals surface area (Å²) in [7, 11) is 0. The van der Waals surface area contributed by atoms with Gasteiger partial charge < -0.3 is 14.9 Å². The molecule has 0 amide bonds. The molecule has 2 N–H and O–H groups in total. The molecular weight excluding hydrogens is 340 g/mol. The lowest BCUT2D eigenvalue weighted by molar-refractivity contribution is -0.152. The number of carbonyl (C=O) groups excluding carboxylic acids is 1. The third-order valence-corrected chi connectivity index (χ3v) is 5.49. The van der Waals surface area contributed by atoms with Crippen molar-refractivity contribution in [3.8, 4) is 0 Å². The van der Waals surface area contributed by atoms with Crippen LogP contribution in [0.2, 0.25) is 0 Å². The number of ether oxygens (including phenoxy) is 1. The van der Waals surface area contributed by atoms with E-state index < -0.39 is 12.3 Å². The van der Waals surface area contributed by atoms with Crippen molar-refractivity contribution in [2.75, 3.05) is 6.61 Å². The lowest BCUT2D eigenvalue weighted by Gasteiger charge is -2.16.